The summed E-state index contributed by atoms with van der Waals surface area (Å²) in [6.45, 7) is -3.06. The van der Waals surface area contributed by atoms with Gasteiger partial charge in [-0.15, -0.1) is 0 Å². The number of halogens is 3. The molecule has 0 N–H and O–H groups in total. The zero-order valence-electron chi connectivity index (χ0n) is 16.1. The topological polar surface area (TPSA) is 54.0 Å². The van der Waals surface area contributed by atoms with Gasteiger partial charge in [0.25, 0.3) is 0 Å². The number of rotatable bonds is 6. The number of esters is 1. The molecule has 3 aromatic carbocycles. The van der Waals surface area contributed by atoms with Crippen molar-refractivity contribution >= 4 is 5.97 Å². The third kappa shape index (κ3) is 4.97. The molecule has 0 aliphatic carbocycles. The minimum atomic E-state index is -2.96. The monoisotopic (exact) mass is 430 g/mol. The van der Waals surface area contributed by atoms with Crippen LogP contribution in [0.3, 0.4) is 0 Å². The summed E-state index contributed by atoms with van der Waals surface area (Å²) in [6.07, 6.45) is -0.670. The van der Waals surface area contributed by atoms with Gasteiger partial charge >= 0.3 is 12.6 Å². The highest BCUT2D eigenvalue weighted by atomic mass is 19.3. The molecular weight excluding hydrogens is 413 g/mol. The zero-order valence-corrected chi connectivity index (χ0v) is 16.1. The van der Waals surface area contributed by atoms with Crippen molar-refractivity contribution in [3.05, 3.63) is 94.8 Å². The molecule has 3 aromatic rings. The smallest absolute Gasteiger partial charge is 0.387 e. The van der Waals surface area contributed by atoms with E-state index in [9.17, 15) is 18.0 Å². The molecule has 0 amide bonds. The Morgan fingerprint density at radius 2 is 1.81 bits per heavy atom. The van der Waals surface area contributed by atoms with Crippen LogP contribution >= 0.6 is 0 Å². The molecule has 31 heavy (non-hydrogen) atoms. The summed E-state index contributed by atoms with van der Waals surface area (Å²) in [4.78, 5) is 12.3. The maximum Gasteiger partial charge on any atom is 0.387 e. The van der Waals surface area contributed by atoms with Gasteiger partial charge in [-0.25, -0.2) is 9.18 Å². The van der Waals surface area contributed by atoms with Gasteiger partial charge in [0.05, 0.1) is 12.2 Å². The highest BCUT2D eigenvalue weighted by Crippen LogP contribution is 2.37. The van der Waals surface area contributed by atoms with Crippen molar-refractivity contribution in [3.63, 3.8) is 0 Å². The second-order valence-corrected chi connectivity index (χ2v) is 6.70. The number of carbonyl (C=O) groups excluding carboxylic acids is 1. The molecule has 1 aliphatic rings. The van der Waals surface area contributed by atoms with Gasteiger partial charge in [-0.2, -0.15) is 8.78 Å². The molecule has 0 saturated carbocycles. The van der Waals surface area contributed by atoms with E-state index in [4.69, 9.17) is 14.2 Å². The van der Waals surface area contributed by atoms with Gasteiger partial charge < -0.3 is 18.9 Å². The van der Waals surface area contributed by atoms with Gasteiger partial charge in [0.1, 0.15) is 23.9 Å². The lowest BCUT2D eigenvalue weighted by atomic mass is 10.1. The number of alkyl halides is 2. The lowest BCUT2D eigenvalue weighted by Crippen LogP contribution is -2.20. The Kier molecular flexibility index (Phi) is 6.08. The molecule has 0 spiro atoms. The molecule has 8 heteroatoms. The minimum absolute atomic E-state index is 0.0777. The SMILES string of the molecule is O=C(OCc1cc(F)cc2c1OC(c1ccccc1)OC2)c1ccc(OC(F)F)cc1. The van der Waals surface area contributed by atoms with Gasteiger partial charge in [0, 0.05) is 16.7 Å². The molecule has 1 atom stereocenters. The van der Waals surface area contributed by atoms with Gasteiger partial charge in [-0.3, -0.25) is 0 Å². The molecule has 0 fully saturated rings. The maximum absolute atomic E-state index is 14.0. The molecule has 0 aromatic heterocycles. The Bertz CT molecular complexity index is 1050. The highest BCUT2D eigenvalue weighted by Gasteiger charge is 2.25. The molecule has 1 aliphatic heterocycles. The van der Waals surface area contributed by atoms with Gasteiger partial charge in [0.15, 0.2) is 0 Å². The first-order valence-corrected chi connectivity index (χ1v) is 9.36. The molecule has 1 heterocycles. The first-order valence-electron chi connectivity index (χ1n) is 9.36. The number of carbonyl (C=O) groups is 1. The number of hydrogen-bond acceptors (Lipinski definition) is 5. The van der Waals surface area contributed by atoms with Crippen LogP contribution in [-0.2, 0) is 22.7 Å². The average Bonchev–Trinajstić information content (AvgIpc) is 2.77. The van der Waals surface area contributed by atoms with Crippen LogP contribution in [0.1, 0.15) is 33.3 Å². The van der Waals surface area contributed by atoms with Crippen molar-refractivity contribution in [2.24, 2.45) is 0 Å². The fourth-order valence-corrected chi connectivity index (χ4v) is 3.16. The summed E-state index contributed by atoms with van der Waals surface area (Å²) < 4.78 is 59.6. The van der Waals surface area contributed by atoms with Crippen LogP contribution in [0.25, 0.3) is 0 Å². The van der Waals surface area contributed by atoms with Crippen molar-refractivity contribution in [3.8, 4) is 11.5 Å². The van der Waals surface area contributed by atoms with Crippen LogP contribution in [-0.4, -0.2) is 12.6 Å². The Balaban J connectivity index is 1.48. The van der Waals surface area contributed by atoms with Crippen LogP contribution in [0, 0.1) is 5.82 Å². The summed E-state index contributed by atoms with van der Waals surface area (Å²) >= 11 is 0. The van der Waals surface area contributed by atoms with E-state index in [1.54, 1.807) is 0 Å². The third-order valence-electron chi connectivity index (χ3n) is 4.57. The largest absolute Gasteiger partial charge is 0.460 e. The summed E-state index contributed by atoms with van der Waals surface area (Å²) in [5.41, 5.74) is 1.79. The van der Waals surface area contributed by atoms with Crippen LogP contribution in [0.15, 0.2) is 66.7 Å². The van der Waals surface area contributed by atoms with Crippen LogP contribution in [0.4, 0.5) is 13.2 Å². The molecule has 5 nitrogen and oxygen atoms in total. The number of fused-ring (bicyclic) bond motifs is 1. The van der Waals surface area contributed by atoms with Crippen molar-refractivity contribution < 1.29 is 36.9 Å². The maximum atomic E-state index is 14.0. The van der Waals surface area contributed by atoms with E-state index in [0.717, 1.165) is 5.56 Å². The summed E-state index contributed by atoms with van der Waals surface area (Å²) in [5, 5.41) is 0. The van der Waals surface area contributed by atoms with Gasteiger partial charge in [0.2, 0.25) is 6.29 Å². The van der Waals surface area contributed by atoms with Gasteiger partial charge in [-0.1, -0.05) is 30.3 Å². The Hall–Kier alpha value is -3.52. The highest BCUT2D eigenvalue weighted by molar-refractivity contribution is 5.89. The summed E-state index contributed by atoms with van der Waals surface area (Å²) in [6, 6.07) is 16.9. The normalized spacial score (nSPS) is 15.2. The quantitative estimate of drug-likeness (QED) is 0.491. The average molecular weight is 430 g/mol. The number of benzene rings is 3. The van der Waals surface area contributed by atoms with Crippen molar-refractivity contribution in [1.82, 2.24) is 0 Å². The molecular formula is C23H17F3O5. The molecule has 0 radical (unpaired) electrons. The second kappa shape index (κ2) is 9.09. The third-order valence-corrected chi connectivity index (χ3v) is 4.57. The summed E-state index contributed by atoms with van der Waals surface area (Å²) in [7, 11) is 0. The standard InChI is InChI=1S/C23H17F3O5/c24-18-10-16(12-28-21(27)14-6-8-19(9-7-14)30-23(25)26)20-17(11-18)13-29-22(31-20)15-4-2-1-3-5-15/h1-11,22-23H,12-13H2. The van der Waals surface area contributed by atoms with E-state index in [0.29, 0.717) is 16.9 Å². The Labute approximate surface area is 175 Å². The first-order chi connectivity index (χ1) is 15.0. The molecule has 0 bridgehead atoms. The van der Waals surface area contributed by atoms with Gasteiger partial charge in [-0.05, 0) is 36.4 Å². The second-order valence-electron chi connectivity index (χ2n) is 6.70. The molecule has 160 valence electrons. The van der Waals surface area contributed by atoms with Crippen LogP contribution in [0.5, 0.6) is 11.5 Å². The van der Waals surface area contributed by atoms with Crippen LogP contribution < -0.4 is 9.47 Å². The zero-order chi connectivity index (χ0) is 21.8. The van der Waals surface area contributed by atoms with E-state index in [1.807, 2.05) is 30.3 Å². The van der Waals surface area contributed by atoms with Crippen LogP contribution in [0.2, 0.25) is 0 Å². The lowest BCUT2D eigenvalue weighted by Gasteiger charge is -2.28. The van der Waals surface area contributed by atoms with E-state index >= 15 is 0 Å². The number of ether oxygens (including phenoxy) is 4. The van der Waals surface area contributed by atoms with E-state index < -0.39 is 24.7 Å². The van der Waals surface area contributed by atoms with Crippen molar-refractivity contribution in [1.29, 1.82) is 0 Å². The lowest BCUT2D eigenvalue weighted by molar-refractivity contribution is -0.112. The predicted molar refractivity (Wildman–Crippen MR) is 103 cm³/mol. The fraction of sp³-hybridized carbons (Fsp3) is 0.174. The summed E-state index contributed by atoms with van der Waals surface area (Å²) in [5.74, 6) is -0.891. The predicted octanol–water partition coefficient (Wildman–Crippen LogP) is 5.39. The molecule has 1 unspecified atom stereocenters. The van der Waals surface area contributed by atoms with E-state index in [-0.39, 0.29) is 24.5 Å². The van der Waals surface area contributed by atoms with Crippen molar-refractivity contribution in [2.45, 2.75) is 26.1 Å². The molecule has 4 rings (SSSR count). The minimum Gasteiger partial charge on any atom is -0.460 e. The van der Waals surface area contributed by atoms with Crippen molar-refractivity contribution in [2.75, 3.05) is 0 Å². The molecule has 0 saturated heterocycles. The fourth-order valence-electron chi connectivity index (χ4n) is 3.16. The van der Waals surface area contributed by atoms with E-state index in [1.165, 1.54) is 36.4 Å². The Morgan fingerprint density at radius 1 is 1.06 bits per heavy atom. The number of hydrogen-bond donors (Lipinski definition) is 0. The first kappa shape index (κ1) is 20.7. The Morgan fingerprint density at radius 3 is 2.52 bits per heavy atom. The van der Waals surface area contributed by atoms with E-state index in [2.05, 4.69) is 4.74 Å².